The van der Waals surface area contributed by atoms with Gasteiger partial charge in [-0.3, -0.25) is 9.59 Å². The van der Waals surface area contributed by atoms with Gasteiger partial charge in [0.25, 0.3) is 11.7 Å². The number of methoxy groups -OCH3 is 2. The zero-order valence-corrected chi connectivity index (χ0v) is 18.8. The van der Waals surface area contributed by atoms with Gasteiger partial charge in [0.2, 0.25) is 0 Å². The molecule has 1 saturated heterocycles. The Bertz CT molecular complexity index is 1050. The van der Waals surface area contributed by atoms with Crippen LogP contribution in [0.1, 0.15) is 42.5 Å². The molecule has 0 saturated carbocycles. The van der Waals surface area contributed by atoms with E-state index in [0.29, 0.717) is 17.3 Å². The number of rotatable bonds is 7. The van der Waals surface area contributed by atoms with Crippen LogP contribution >= 0.6 is 11.6 Å². The van der Waals surface area contributed by atoms with E-state index in [4.69, 9.17) is 21.1 Å². The maximum atomic E-state index is 13.1. The number of aryl methyl sites for hydroxylation is 1. The number of unbranched alkanes of at least 4 members (excludes halogenated alkanes) is 1. The Balaban J connectivity index is 2.28. The normalized spacial score (nSPS) is 17.8. The summed E-state index contributed by atoms with van der Waals surface area (Å²) in [5, 5.41) is 11.6. The van der Waals surface area contributed by atoms with E-state index >= 15 is 0 Å². The Hall–Kier alpha value is -2.99. The van der Waals surface area contributed by atoms with Crippen molar-refractivity contribution in [3.05, 3.63) is 63.7 Å². The summed E-state index contributed by atoms with van der Waals surface area (Å²) in [6.07, 6.45) is 1.61. The van der Waals surface area contributed by atoms with Gasteiger partial charge in [-0.1, -0.05) is 49.2 Å². The predicted molar refractivity (Wildman–Crippen MR) is 120 cm³/mol. The van der Waals surface area contributed by atoms with Gasteiger partial charge in [0.15, 0.2) is 0 Å². The molecule has 164 valence electrons. The van der Waals surface area contributed by atoms with E-state index in [1.165, 1.54) is 26.4 Å². The zero-order valence-electron chi connectivity index (χ0n) is 18.1. The molecule has 1 unspecified atom stereocenters. The molecular weight excluding hydrogens is 418 g/mol. The van der Waals surface area contributed by atoms with Gasteiger partial charge in [0.05, 0.1) is 36.4 Å². The lowest BCUT2D eigenvalue weighted by molar-refractivity contribution is -0.139. The monoisotopic (exact) mass is 443 g/mol. The number of Topliss-reactive ketones (excluding diaryl/α,β-unsaturated/α-hetero) is 1. The van der Waals surface area contributed by atoms with Gasteiger partial charge in [-0.25, -0.2) is 0 Å². The lowest BCUT2D eigenvalue weighted by Gasteiger charge is -2.26. The van der Waals surface area contributed by atoms with Crippen LogP contribution in [-0.2, 0) is 9.59 Å². The Morgan fingerprint density at radius 2 is 1.81 bits per heavy atom. The minimum Gasteiger partial charge on any atom is -0.507 e. The molecule has 1 heterocycles. The van der Waals surface area contributed by atoms with Crippen molar-refractivity contribution >= 4 is 29.1 Å². The number of nitrogens with zero attached hydrogens (tertiary/aromatic N) is 1. The van der Waals surface area contributed by atoms with Crippen molar-refractivity contribution in [2.45, 2.75) is 32.7 Å². The van der Waals surface area contributed by atoms with Gasteiger partial charge in [-0.15, -0.1) is 0 Å². The van der Waals surface area contributed by atoms with Gasteiger partial charge >= 0.3 is 0 Å². The molecule has 0 spiro atoms. The molecule has 6 nitrogen and oxygen atoms in total. The number of carbonyl (C=O) groups excluding carboxylic acids is 2. The number of aliphatic hydroxyl groups is 1. The van der Waals surface area contributed by atoms with Crippen LogP contribution in [0.3, 0.4) is 0 Å². The van der Waals surface area contributed by atoms with Crippen LogP contribution in [-0.4, -0.2) is 42.5 Å². The number of likely N-dealkylation sites (tertiary alicyclic amines) is 1. The molecule has 2 aromatic rings. The molecule has 0 aromatic heterocycles. The molecule has 0 bridgehead atoms. The molecule has 1 atom stereocenters. The average molecular weight is 444 g/mol. The molecule has 1 aliphatic rings. The Labute approximate surface area is 187 Å². The number of benzene rings is 2. The summed E-state index contributed by atoms with van der Waals surface area (Å²) < 4.78 is 10.6. The average Bonchev–Trinajstić information content (AvgIpc) is 3.01. The van der Waals surface area contributed by atoms with E-state index in [-0.39, 0.29) is 22.6 Å². The van der Waals surface area contributed by atoms with Crippen molar-refractivity contribution in [1.82, 2.24) is 4.90 Å². The standard InChI is InChI=1S/C24H26ClNO5/c1-5-6-11-26-21(15-10-8-7-9-14(15)2)20(23(28)24(26)29)22(27)16-12-19(31-4)17(25)13-18(16)30-3/h7-10,12-13,21,27H,5-6,11H2,1-4H3/b22-20+. The topological polar surface area (TPSA) is 76.1 Å². The third-order valence-electron chi connectivity index (χ3n) is 5.50. The highest BCUT2D eigenvalue weighted by atomic mass is 35.5. The predicted octanol–water partition coefficient (Wildman–Crippen LogP) is 4.89. The highest BCUT2D eigenvalue weighted by Gasteiger charge is 2.46. The van der Waals surface area contributed by atoms with Gasteiger partial charge < -0.3 is 19.5 Å². The second kappa shape index (κ2) is 9.43. The van der Waals surface area contributed by atoms with Gasteiger partial charge in [0, 0.05) is 12.6 Å². The first-order chi connectivity index (χ1) is 14.8. The highest BCUT2D eigenvalue weighted by Crippen LogP contribution is 2.43. The summed E-state index contributed by atoms with van der Waals surface area (Å²) >= 11 is 6.19. The van der Waals surface area contributed by atoms with Crippen LogP contribution in [0.2, 0.25) is 5.02 Å². The molecule has 1 N–H and O–H groups in total. The number of carbonyl (C=O) groups is 2. The minimum absolute atomic E-state index is 0.0260. The van der Waals surface area contributed by atoms with E-state index in [2.05, 4.69) is 0 Å². The fraction of sp³-hybridized carbons (Fsp3) is 0.333. The van der Waals surface area contributed by atoms with E-state index in [1.54, 1.807) is 4.90 Å². The van der Waals surface area contributed by atoms with Crippen molar-refractivity contribution in [3.8, 4) is 11.5 Å². The van der Waals surface area contributed by atoms with E-state index in [0.717, 1.165) is 24.0 Å². The number of ether oxygens (including phenoxy) is 2. The lowest BCUT2D eigenvalue weighted by Crippen LogP contribution is -2.30. The summed E-state index contributed by atoms with van der Waals surface area (Å²) in [7, 11) is 2.89. The number of ketones is 1. The van der Waals surface area contributed by atoms with Crippen LogP contribution in [0, 0.1) is 6.92 Å². The molecular formula is C24H26ClNO5. The Kier molecular flexibility index (Phi) is 6.91. The quantitative estimate of drug-likeness (QED) is 0.374. The summed E-state index contributed by atoms with van der Waals surface area (Å²) in [5.41, 5.74) is 1.97. The van der Waals surface area contributed by atoms with E-state index < -0.39 is 17.7 Å². The third-order valence-corrected chi connectivity index (χ3v) is 5.80. The van der Waals surface area contributed by atoms with Crippen LogP contribution in [0.25, 0.3) is 5.76 Å². The molecule has 1 amide bonds. The Morgan fingerprint density at radius 1 is 1.13 bits per heavy atom. The first-order valence-corrected chi connectivity index (χ1v) is 10.5. The van der Waals surface area contributed by atoms with Crippen molar-refractivity contribution in [1.29, 1.82) is 0 Å². The SMILES string of the molecule is CCCCN1C(=O)C(=O)/C(=C(/O)c2cc(OC)c(Cl)cc2OC)C1c1ccccc1C. The first kappa shape index (κ1) is 22.7. The zero-order chi connectivity index (χ0) is 22.7. The molecule has 1 aliphatic heterocycles. The Morgan fingerprint density at radius 3 is 2.42 bits per heavy atom. The number of hydrogen-bond acceptors (Lipinski definition) is 5. The van der Waals surface area contributed by atoms with Crippen LogP contribution in [0.5, 0.6) is 11.5 Å². The number of halogens is 1. The maximum absolute atomic E-state index is 13.1. The highest BCUT2D eigenvalue weighted by molar-refractivity contribution is 6.46. The molecule has 1 fully saturated rings. The van der Waals surface area contributed by atoms with Gasteiger partial charge in [0.1, 0.15) is 17.3 Å². The fourth-order valence-corrected chi connectivity index (χ4v) is 4.08. The second-order valence-corrected chi connectivity index (χ2v) is 7.80. The minimum atomic E-state index is -0.724. The molecule has 3 rings (SSSR count). The molecule has 0 radical (unpaired) electrons. The molecule has 31 heavy (non-hydrogen) atoms. The van der Waals surface area contributed by atoms with Crippen LogP contribution in [0.4, 0.5) is 0 Å². The maximum Gasteiger partial charge on any atom is 0.295 e. The molecule has 0 aliphatic carbocycles. The number of aliphatic hydroxyl groups excluding tert-OH is 1. The first-order valence-electron chi connectivity index (χ1n) is 10.1. The summed E-state index contributed by atoms with van der Waals surface area (Å²) in [5.74, 6) is -1.08. The van der Waals surface area contributed by atoms with Gasteiger partial charge in [-0.05, 0) is 30.5 Å². The van der Waals surface area contributed by atoms with Crippen LogP contribution in [0.15, 0.2) is 42.0 Å². The molecule has 7 heteroatoms. The second-order valence-electron chi connectivity index (χ2n) is 7.39. The largest absolute Gasteiger partial charge is 0.507 e. The van der Waals surface area contributed by atoms with E-state index in [1.807, 2.05) is 38.1 Å². The summed E-state index contributed by atoms with van der Waals surface area (Å²) in [4.78, 5) is 27.6. The van der Waals surface area contributed by atoms with Crippen molar-refractivity contribution in [3.63, 3.8) is 0 Å². The third kappa shape index (κ3) is 4.12. The van der Waals surface area contributed by atoms with Crippen molar-refractivity contribution < 1.29 is 24.2 Å². The van der Waals surface area contributed by atoms with Gasteiger partial charge in [-0.2, -0.15) is 0 Å². The van der Waals surface area contributed by atoms with E-state index in [9.17, 15) is 14.7 Å². The van der Waals surface area contributed by atoms with Crippen LogP contribution < -0.4 is 9.47 Å². The number of amides is 1. The summed E-state index contributed by atoms with van der Waals surface area (Å²) in [6, 6.07) is 9.85. The summed E-state index contributed by atoms with van der Waals surface area (Å²) in [6.45, 7) is 4.35. The van der Waals surface area contributed by atoms with Crippen molar-refractivity contribution in [2.75, 3.05) is 20.8 Å². The lowest BCUT2D eigenvalue weighted by atomic mass is 9.92. The molecule has 2 aromatic carbocycles. The smallest absolute Gasteiger partial charge is 0.295 e. The van der Waals surface area contributed by atoms with Crippen molar-refractivity contribution in [2.24, 2.45) is 0 Å². The number of hydrogen-bond donors (Lipinski definition) is 1. The fourth-order valence-electron chi connectivity index (χ4n) is 3.85.